The third-order valence-electron chi connectivity index (χ3n) is 3.26. The van der Waals surface area contributed by atoms with Crippen LogP contribution in [-0.4, -0.2) is 5.66 Å². The Kier molecular flexibility index (Phi) is 4.56. The first kappa shape index (κ1) is 12.9. The Balaban J connectivity index is 1.95. The predicted molar refractivity (Wildman–Crippen MR) is 71.3 cm³/mol. The zero-order chi connectivity index (χ0) is 12.7. The van der Waals surface area contributed by atoms with Crippen LogP contribution in [0.25, 0.3) is 0 Å². The second-order valence-electron chi connectivity index (χ2n) is 4.83. The van der Waals surface area contributed by atoms with E-state index < -0.39 is 5.66 Å². The fourth-order valence-corrected chi connectivity index (χ4v) is 2.24. The Morgan fingerprint density at radius 1 is 0.944 bits per heavy atom. The number of hydrogen-bond acceptors (Lipinski definition) is 4. The van der Waals surface area contributed by atoms with Crippen molar-refractivity contribution in [1.82, 2.24) is 0 Å². The highest BCUT2D eigenvalue weighted by Crippen LogP contribution is 2.30. The van der Waals surface area contributed by atoms with Gasteiger partial charge in [-0.25, -0.2) is 0 Å². The van der Waals surface area contributed by atoms with E-state index in [-0.39, 0.29) is 0 Å². The van der Waals surface area contributed by atoms with Crippen molar-refractivity contribution in [2.45, 2.75) is 51.1 Å². The summed E-state index contributed by atoms with van der Waals surface area (Å²) in [6, 6.07) is 10.3. The second-order valence-corrected chi connectivity index (χ2v) is 4.83. The van der Waals surface area contributed by atoms with Crippen molar-refractivity contribution in [2.24, 2.45) is 20.7 Å². The molecule has 1 aromatic rings. The average molecular weight is 244 g/mol. The van der Waals surface area contributed by atoms with Crippen LogP contribution in [0.5, 0.6) is 0 Å². The molecule has 0 unspecified atom stereocenters. The maximum atomic E-state index is 4.25. The molecule has 0 atom stereocenters. The molecular weight excluding hydrogens is 224 g/mol. The van der Waals surface area contributed by atoms with Crippen molar-refractivity contribution in [3.05, 3.63) is 35.9 Å². The van der Waals surface area contributed by atoms with Crippen LogP contribution in [0, 0.1) is 0 Å². The fraction of sp³-hybridized carbons (Fsp3) is 0.571. The summed E-state index contributed by atoms with van der Waals surface area (Å²) in [5.41, 5.74) is 0.808. The normalized spacial score (nSPS) is 16.3. The number of rotatable bonds is 7. The molecule has 1 heterocycles. The van der Waals surface area contributed by atoms with Crippen molar-refractivity contribution in [3.8, 4) is 0 Å². The Morgan fingerprint density at radius 3 is 2.33 bits per heavy atom. The summed E-state index contributed by atoms with van der Waals surface area (Å²) in [7, 11) is 0. The van der Waals surface area contributed by atoms with Crippen LogP contribution >= 0.6 is 0 Å². The monoisotopic (exact) mass is 244 g/mol. The lowest BCUT2D eigenvalue weighted by atomic mass is 9.95. The van der Waals surface area contributed by atoms with E-state index in [2.05, 4.69) is 39.7 Å². The summed E-state index contributed by atoms with van der Waals surface area (Å²) in [6.07, 6.45) is 6.63. The minimum atomic E-state index is -0.435. The summed E-state index contributed by atoms with van der Waals surface area (Å²) < 4.78 is 0. The molecule has 0 fully saturated rings. The minimum absolute atomic E-state index is 0.435. The van der Waals surface area contributed by atoms with Crippen molar-refractivity contribution in [1.29, 1.82) is 0 Å². The third-order valence-corrected chi connectivity index (χ3v) is 3.26. The van der Waals surface area contributed by atoms with Gasteiger partial charge >= 0.3 is 0 Å². The molecule has 0 aromatic heterocycles. The van der Waals surface area contributed by atoms with E-state index in [4.69, 9.17) is 0 Å². The first-order valence-corrected chi connectivity index (χ1v) is 6.73. The molecule has 2 rings (SSSR count). The van der Waals surface area contributed by atoms with Gasteiger partial charge in [-0.05, 0) is 28.9 Å². The average Bonchev–Trinajstić information content (AvgIpc) is 2.85. The zero-order valence-electron chi connectivity index (χ0n) is 10.9. The molecule has 0 N–H and O–H groups in total. The summed E-state index contributed by atoms with van der Waals surface area (Å²) in [5, 5.41) is 15.9. The molecule has 0 aliphatic carbocycles. The van der Waals surface area contributed by atoms with Gasteiger partial charge in [0.2, 0.25) is 0 Å². The quantitative estimate of drug-likeness (QED) is 0.623. The molecule has 1 aromatic carbocycles. The van der Waals surface area contributed by atoms with Crippen molar-refractivity contribution in [3.63, 3.8) is 0 Å². The molecule has 1 aliphatic rings. The molecule has 0 radical (unpaired) electrons. The number of benzene rings is 1. The van der Waals surface area contributed by atoms with Gasteiger partial charge in [0.05, 0.1) is 0 Å². The van der Waals surface area contributed by atoms with Crippen LogP contribution in [0.1, 0.15) is 44.6 Å². The highest BCUT2D eigenvalue weighted by Gasteiger charge is 2.32. The minimum Gasteiger partial charge on any atom is -0.134 e. The van der Waals surface area contributed by atoms with Crippen molar-refractivity contribution in [2.75, 3.05) is 0 Å². The molecule has 4 heteroatoms. The molecule has 0 bridgehead atoms. The van der Waals surface area contributed by atoms with E-state index >= 15 is 0 Å². The lowest BCUT2D eigenvalue weighted by Crippen LogP contribution is -2.24. The Bertz CT molecular complexity index is 399. The molecule has 96 valence electrons. The van der Waals surface area contributed by atoms with Gasteiger partial charge in [-0.2, -0.15) is 0 Å². The first-order valence-electron chi connectivity index (χ1n) is 6.73. The van der Waals surface area contributed by atoms with Gasteiger partial charge in [0.1, 0.15) is 0 Å². The molecule has 1 aliphatic heterocycles. The van der Waals surface area contributed by atoms with Gasteiger partial charge < -0.3 is 0 Å². The topological polar surface area (TPSA) is 49.4 Å². The van der Waals surface area contributed by atoms with Crippen molar-refractivity contribution >= 4 is 0 Å². The van der Waals surface area contributed by atoms with E-state index in [1.54, 1.807) is 0 Å². The van der Waals surface area contributed by atoms with Crippen LogP contribution < -0.4 is 0 Å². The standard InChI is InChI=1S/C14H20N4/c1-2-3-4-8-11-14(15-17-18-16-14)12-13-9-6-5-7-10-13/h5-7,9-10H,2-4,8,11-12H2,1H3. The zero-order valence-corrected chi connectivity index (χ0v) is 10.9. The number of unbranched alkanes of at least 4 members (excludes halogenated alkanes) is 3. The Labute approximate surface area is 108 Å². The van der Waals surface area contributed by atoms with Crippen LogP contribution in [0.4, 0.5) is 0 Å². The molecule has 18 heavy (non-hydrogen) atoms. The maximum absolute atomic E-state index is 4.25. The smallest absolute Gasteiger partial charge is 0.134 e. The SMILES string of the molecule is CCCCCCC1(Cc2ccccc2)N=NN=N1. The van der Waals surface area contributed by atoms with Gasteiger partial charge in [-0.1, -0.05) is 56.5 Å². The number of hydrogen-bond donors (Lipinski definition) is 0. The van der Waals surface area contributed by atoms with Gasteiger partial charge in [-0.3, -0.25) is 0 Å². The molecule has 0 spiro atoms. The Morgan fingerprint density at radius 2 is 1.67 bits per heavy atom. The van der Waals surface area contributed by atoms with Crippen LogP contribution in [0.2, 0.25) is 0 Å². The summed E-state index contributed by atoms with van der Waals surface area (Å²) >= 11 is 0. The molecule has 0 saturated heterocycles. The van der Waals surface area contributed by atoms with Gasteiger partial charge in [0.25, 0.3) is 0 Å². The van der Waals surface area contributed by atoms with Crippen LogP contribution in [0.3, 0.4) is 0 Å². The Hall–Kier alpha value is -1.58. The molecule has 0 amide bonds. The predicted octanol–water partition coefficient (Wildman–Crippen LogP) is 4.73. The van der Waals surface area contributed by atoms with E-state index in [0.717, 1.165) is 19.3 Å². The van der Waals surface area contributed by atoms with Gasteiger partial charge in [-0.15, -0.1) is 10.2 Å². The lowest BCUT2D eigenvalue weighted by Gasteiger charge is -2.19. The summed E-state index contributed by atoms with van der Waals surface area (Å²) in [5.74, 6) is 0. The highest BCUT2D eigenvalue weighted by molar-refractivity contribution is 5.17. The van der Waals surface area contributed by atoms with Gasteiger partial charge in [0, 0.05) is 6.42 Å². The van der Waals surface area contributed by atoms with Gasteiger partial charge in [0.15, 0.2) is 5.66 Å². The summed E-state index contributed by atoms with van der Waals surface area (Å²) in [6.45, 7) is 2.22. The van der Waals surface area contributed by atoms with Crippen LogP contribution in [-0.2, 0) is 6.42 Å². The largest absolute Gasteiger partial charge is 0.199 e. The molecular formula is C14H20N4. The van der Waals surface area contributed by atoms with E-state index in [1.165, 1.54) is 24.8 Å². The maximum Gasteiger partial charge on any atom is 0.199 e. The highest BCUT2D eigenvalue weighted by atomic mass is 15.6. The number of nitrogens with zero attached hydrogens (tertiary/aromatic N) is 4. The first-order chi connectivity index (χ1) is 8.85. The molecule has 0 saturated carbocycles. The van der Waals surface area contributed by atoms with Crippen molar-refractivity contribution < 1.29 is 0 Å². The lowest BCUT2D eigenvalue weighted by molar-refractivity contribution is 0.385. The summed E-state index contributed by atoms with van der Waals surface area (Å²) in [4.78, 5) is 0. The fourth-order valence-electron chi connectivity index (χ4n) is 2.24. The van der Waals surface area contributed by atoms with E-state index in [9.17, 15) is 0 Å². The second kappa shape index (κ2) is 6.38. The van der Waals surface area contributed by atoms with E-state index in [0.29, 0.717) is 0 Å². The van der Waals surface area contributed by atoms with E-state index in [1.807, 2.05) is 18.2 Å². The third kappa shape index (κ3) is 3.45. The van der Waals surface area contributed by atoms with Crippen LogP contribution in [0.15, 0.2) is 51.0 Å². The molecule has 4 nitrogen and oxygen atoms in total.